The fraction of sp³-hybridized carbons (Fsp3) is 0.333. The second-order valence-corrected chi connectivity index (χ2v) is 5.88. The molecule has 19 heavy (non-hydrogen) atoms. The Morgan fingerprint density at radius 2 is 2.26 bits per heavy atom. The van der Waals surface area contributed by atoms with Crippen molar-refractivity contribution >= 4 is 11.8 Å². The molecule has 1 aliphatic carbocycles. The van der Waals surface area contributed by atoms with Gasteiger partial charge in [-0.1, -0.05) is 30.0 Å². The summed E-state index contributed by atoms with van der Waals surface area (Å²) in [5.74, 6) is 0. The molecular formula is C15H17N3S. The zero-order valence-electron chi connectivity index (χ0n) is 10.8. The number of aromatic nitrogens is 3. The van der Waals surface area contributed by atoms with Gasteiger partial charge in [0.25, 0.3) is 0 Å². The van der Waals surface area contributed by atoms with Gasteiger partial charge in [-0.3, -0.25) is 4.98 Å². The molecular weight excluding hydrogens is 254 g/mol. The quantitative estimate of drug-likeness (QED) is 0.797. The lowest BCUT2D eigenvalue weighted by Crippen LogP contribution is -2.07. The van der Waals surface area contributed by atoms with Crippen LogP contribution in [0.1, 0.15) is 25.0 Å². The van der Waals surface area contributed by atoms with E-state index < -0.39 is 0 Å². The van der Waals surface area contributed by atoms with Crippen LogP contribution in [-0.2, 0) is 6.54 Å². The molecule has 3 rings (SSSR count). The highest BCUT2D eigenvalue weighted by Crippen LogP contribution is 2.29. The minimum absolute atomic E-state index is 0.568. The fourth-order valence-electron chi connectivity index (χ4n) is 2.21. The van der Waals surface area contributed by atoms with Gasteiger partial charge in [-0.2, -0.15) is 0 Å². The summed E-state index contributed by atoms with van der Waals surface area (Å²) in [4.78, 5) is 8.84. The molecule has 0 saturated heterocycles. The van der Waals surface area contributed by atoms with Crippen molar-refractivity contribution in [2.24, 2.45) is 0 Å². The molecule has 0 spiro atoms. The molecule has 0 aliphatic heterocycles. The van der Waals surface area contributed by atoms with E-state index in [-0.39, 0.29) is 0 Å². The summed E-state index contributed by atoms with van der Waals surface area (Å²) in [6, 6.07) is 6.02. The third-order valence-corrected chi connectivity index (χ3v) is 4.45. The molecule has 2 aromatic heterocycles. The van der Waals surface area contributed by atoms with Gasteiger partial charge in [0.15, 0.2) is 5.16 Å². The maximum Gasteiger partial charge on any atom is 0.168 e. The van der Waals surface area contributed by atoms with Gasteiger partial charge < -0.3 is 4.57 Å². The molecule has 0 radical (unpaired) electrons. The van der Waals surface area contributed by atoms with E-state index in [4.69, 9.17) is 0 Å². The van der Waals surface area contributed by atoms with Crippen molar-refractivity contribution in [1.29, 1.82) is 0 Å². The second kappa shape index (κ2) is 6.06. The van der Waals surface area contributed by atoms with Gasteiger partial charge in [0.1, 0.15) is 0 Å². The molecule has 2 aromatic rings. The van der Waals surface area contributed by atoms with Crippen molar-refractivity contribution < 1.29 is 0 Å². The Labute approximate surface area is 117 Å². The topological polar surface area (TPSA) is 30.7 Å². The minimum Gasteiger partial charge on any atom is -0.320 e. The van der Waals surface area contributed by atoms with Crippen LogP contribution in [0.25, 0.3) is 0 Å². The monoisotopic (exact) mass is 271 g/mol. The summed E-state index contributed by atoms with van der Waals surface area (Å²) >= 11 is 1.85. The number of thioether (sulfide) groups is 1. The molecule has 98 valence electrons. The van der Waals surface area contributed by atoms with Crippen molar-refractivity contribution in [2.45, 2.75) is 36.2 Å². The van der Waals surface area contributed by atoms with E-state index >= 15 is 0 Å². The van der Waals surface area contributed by atoms with Crippen molar-refractivity contribution in [1.82, 2.24) is 14.5 Å². The molecule has 0 amide bonds. The van der Waals surface area contributed by atoms with Crippen LogP contribution in [-0.4, -0.2) is 19.8 Å². The molecule has 4 heteroatoms. The average molecular weight is 271 g/mol. The maximum absolute atomic E-state index is 4.47. The molecule has 0 N–H and O–H groups in total. The van der Waals surface area contributed by atoms with E-state index in [0.29, 0.717) is 5.25 Å². The molecule has 2 heterocycles. The van der Waals surface area contributed by atoms with E-state index in [2.05, 4.69) is 32.8 Å². The van der Waals surface area contributed by atoms with Crippen LogP contribution >= 0.6 is 11.8 Å². The number of allylic oxidation sites excluding steroid dienone is 1. The fourth-order valence-corrected chi connectivity index (χ4v) is 3.34. The molecule has 0 bridgehead atoms. The summed E-state index contributed by atoms with van der Waals surface area (Å²) in [6.45, 7) is 0.791. The Morgan fingerprint density at radius 3 is 3.05 bits per heavy atom. The number of rotatable bonds is 4. The van der Waals surface area contributed by atoms with E-state index in [1.54, 1.807) is 0 Å². The van der Waals surface area contributed by atoms with Gasteiger partial charge in [0.2, 0.25) is 0 Å². The Hall–Kier alpha value is -1.55. The molecule has 0 fully saturated rings. The van der Waals surface area contributed by atoms with Crippen LogP contribution in [0.4, 0.5) is 0 Å². The maximum atomic E-state index is 4.47. The van der Waals surface area contributed by atoms with Gasteiger partial charge >= 0.3 is 0 Å². The van der Waals surface area contributed by atoms with Crippen molar-refractivity contribution in [3.8, 4) is 0 Å². The highest BCUT2D eigenvalue weighted by atomic mass is 32.2. The van der Waals surface area contributed by atoms with Gasteiger partial charge in [-0.25, -0.2) is 4.98 Å². The Balaban J connectivity index is 1.71. The summed E-state index contributed by atoms with van der Waals surface area (Å²) in [6.07, 6.45) is 14.1. The van der Waals surface area contributed by atoms with Gasteiger partial charge in [0, 0.05) is 23.8 Å². The first kappa shape index (κ1) is 12.5. The lowest BCUT2D eigenvalue weighted by atomic mass is 10.1. The summed E-state index contributed by atoms with van der Waals surface area (Å²) in [5, 5.41) is 1.65. The molecule has 0 aromatic carbocycles. The first-order chi connectivity index (χ1) is 9.42. The summed E-state index contributed by atoms with van der Waals surface area (Å²) < 4.78 is 2.18. The van der Waals surface area contributed by atoms with E-state index in [0.717, 1.165) is 17.4 Å². The first-order valence-corrected chi connectivity index (χ1v) is 7.54. The largest absolute Gasteiger partial charge is 0.320 e. The van der Waals surface area contributed by atoms with Gasteiger partial charge in [-0.15, -0.1) is 0 Å². The molecule has 0 saturated carbocycles. The highest BCUT2D eigenvalue weighted by Gasteiger charge is 2.13. The number of hydrogen-bond donors (Lipinski definition) is 0. The average Bonchev–Trinajstić information content (AvgIpc) is 2.88. The van der Waals surface area contributed by atoms with Crippen LogP contribution in [0.15, 0.2) is 54.1 Å². The van der Waals surface area contributed by atoms with Crippen LogP contribution < -0.4 is 0 Å². The Morgan fingerprint density at radius 1 is 1.26 bits per heavy atom. The lowest BCUT2D eigenvalue weighted by molar-refractivity contribution is 0.686. The van der Waals surface area contributed by atoms with Crippen molar-refractivity contribution in [3.05, 3.63) is 54.6 Å². The molecule has 1 unspecified atom stereocenters. The minimum atomic E-state index is 0.568. The predicted molar refractivity (Wildman–Crippen MR) is 78.2 cm³/mol. The predicted octanol–water partition coefficient (Wildman–Crippen LogP) is 3.53. The van der Waals surface area contributed by atoms with E-state index in [9.17, 15) is 0 Å². The van der Waals surface area contributed by atoms with Gasteiger partial charge in [-0.05, 0) is 31.4 Å². The summed E-state index contributed by atoms with van der Waals surface area (Å²) in [5.41, 5.74) is 1.07. The van der Waals surface area contributed by atoms with E-state index in [1.807, 2.05) is 42.5 Å². The molecule has 1 aliphatic rings. The third kappa shape index (κ3) is 3.26. The SMILES string of the molecule is C1=CC(Sc2nccn2Cc2ccccn2)CCC1. The van der Waals surface area contributed by atoms with Crippen LogP contribution in [0.2, 0.25) is 0 Å². The second-order valence-electron chi connectivity index (χ2n) is 4.67. The number of imidazole rings is 1. The highest BCUT2D eigenvalue weighted by molar-refractivity contribution is 7.99. The Bertz CT molecular complexity index is 548. The zero-order chi connectivity index (χ0) is 12.9. The lowest BCUT2D eigenvalue weighted by Gasteiger charge is -2.16. The number of nitrogens with zero attached hydrogens (tertiary/aromatic N) is 3. The first-order valence-electron chi connectivity index (χ1n) is 6.66. The van der Waals surface area contributed by atoms with Crippen LogP contribution in [0, 0.1) is 0 Å². The van der Waals surface area contributed by atoms with Crippen LogP contribution in [0.5, 0.6) is 0 Å². The summed E-state index contributed by atoms with van der Waals surface area (Å²) in [7, 11) is 0. The smallest absolute Gasteiger partial charge is 0.168 e. The van der Waals surface area contributed by atoms with Crippen molar-refractivity contribution in [2.75, 3.05) is 0 Å². The van der Waals surface area contributed by atoms with E-state index in [1.165, 1.54) is 19.3 Å². The Kier molecular flexibility index (Phi) is 3.98. The standard InChI is InChI=1S/C15H17N3S/c1-2-7-14(8-3-1)19-15-17-10-11-18(15)12-13-6-4-5-9-16-13/h2,4-7,9-11,14H,1,3,8,12H2. The van der Waals surface area contributed by atoms with Crippen LogP contribution in [0.3, 0.4) is 0 Å². The van der Waals surface area contributed by atoms with Gasteiger partial charge in [0.05, 0.1) is 12.2 Å². The zero-order valence-corrected chi connectivity index (χ0v) is 11.6. The normalized spacial score (nSPS) is 18.6. The molecule has 3 nitrogen and oxygen atoms in total. The number of hydrogen-bond acceptors (Lipinski definition) is 3. The van der Waals surface area contributed by atoms with Crippen molar-refractivity contribution in [3.63, 3.8) is 0 Å². The molecule has 1 atom stereocenters. The third-order valence-electron chi connectivity index (χ3n) is 3.20. The number of pyridine rings is 1.